The van der Waals surface area contributed by atoms with E-state index in [1.165, 1.54) is 19.3 Å². The lowest BCUT2D eigenvalue weighted by Gasteiger charge is -2.33. The van der Waals surface area contributed by atoms with Gasteiger partial charge < -0.3 is 18.9 Å². The third-order valence-electron chi connectivity index (χ3n) is 6.32. The van der Waals surface area contributed by atoms with Gasteiger partial charge in [0.15, 0.2) is 0 Å². The number of carbonyl (C=O) groups is 1. The van der Waals surface area contributed by atoms with Crippen molar-refractivity contribution in [3.05, 3.63) is 89.8 Å². The Kier molecular flexibility index (Phi) is 6.62. The third kappa shape index (κ3) is 4.99. The summed E-state index contributed by atoms with van der Waals surface area (Å²) in [5.41, 5.74) is 3.36. The number of hydrogen-bond acceptors (Lipinski definition) is 5. The van der Waals surface area contributed by atoms with Gasteiger partial charge in [-0.1, -0.05) is 24.6 Å². The molecule has 5 rings (SSSR count). The summed E-state index contributed by atoms with van der Waals surface area (Å²) in [6.45, 7) is 4.84. The number of ether oxygens (including phenoxy) is 1. The molecule has 1 amide bonds. The van der Waals surface area contributed by atoms with Gasteiger partial charge >= 0.3 is 0 Å². The van der Waals surface area contributed by atoms with Crippen molar-refractivity contribution in [2.45, 2.75) is 38.8 Å². The smallest absolute Gasteiger partial charge is 0.255 e. The number of nitrogens with zero attached hydrogens (tertiary/aromatic N) is 3. The summed E-state index contributed by atoms with van der Waals surface area (Å²) < 4.78 is 13.7. The van der Waals surface area contributed by atoms with Crippen LogP contribution in [-0.4, -0.2) is 39.8 Å². The van der Waals surface area contributed by atoms with Crippen LogP contribution in [0.2, 0.25) is 0 Å². The van der Waals surface area contributed by atoms with Crippen LogP contribution in [-0.2, 0) is 6.61 Å². The number of para-hydroxylation sites is 1. The van der Waals surface area contributed by atoms with E-state index in [4.69, 9.17) is 9.15 Å². The predicted molar refractivity (Wildman–Crippen MR) is 130 cm³/mol. The standard InChI is InChI=1S/C27H30N4O3/c1-20-11-12-26-29-21(18-31(26)17-20)19-34-24-9-4-3-8-22(24)27(32)28-16-23(25-10-7-15-33-25)30-13-5-2-6-14-30/h3-4,7-12,15,17-18,23H,2,5-6,13-14,16,19H2,1H3,(H,28,32)/t23-/m0/s1. The second-order valence-corrected chi connectivity index (χ2v) is 8.83. The largest absolute Gasteiger partial charge is 0.486 e. The minimum absolute atomic E-state index is 0.0220. The molecule has 4 aromatic rings. The zero-order chi connectivity index (χ0) is 23.3. The van der Waals surface area contributed by atoms with Gasteiger partial charge in [0.05, 0.1) is 23.6 Å². The van der Waals surface area contributed by atoms with Gasteiger partial charge in [-0.3, -0.25) is 9.69 Å². The number of amides is 1. The zero-order valence-corrected chi connectivity index (χ0v) is 19.4. The van der Waals surface area contributed by atoms with E-state index in [1.54, 1.807) is 12.3 Å². The molecular weight excluding hydrogens is 428 g/mol. The van der Waals surface area contributed by atoms with Gasteiger partial charge in [0.25, 0.3) is 5.91 Å². The maximum atomic E-state index is 13.2. The summed E-state index contributed by atoms with van der Waals surface area (Å²) in [5, 5.41) is 3.11. The van der Waals surface area contributed by atoms with E-state index < -0.39 is 0 Å². The van der Waals surface area contributed by atoms with Crippen molar-refractivity contribution < 1.29 is 13.9 Å². The molecule has 4 heterocycles. The highest BCUT2D eigenvalue weighted by atomic mass is 16.5. The number of rotatable bonds is 8. The van der Waals surface area contributed by atoms with Gasteiger partial charge in [0.1, 0.15) is 23.8 Å². The summed E-state index contributed by atoms with van der Waals surface area (Å²) in [4.78, 5) is 20.2. The molecule has 0 bridgehead atoms. The van der Waals surface area contributed by atoms with Gasteiger partial charge in [0.2, 0.25) is 0 Å². The molecule has 0 saturated carbocycles. The fraction of sp³-hybridized carbons (Fsp3) is 0.333. The summed E-state index contributed by atoms with van der Waals surface area (Å²) in [5.74, 6) is 1.27. The van der Waals surface area contributed by atoms with Gasteiger partial charge in [-0.25, -0.2) is 4.98 Å². The van der Waals surface area contributed by atoms with E-state index >= 15 is 0 Å². The van der Waals surface area contributed by atoms with Crippen molar-refractivity contribution >= 4 is 11.6 Å². The average Bonchev–Trinajstić information content (AvgIpc) is 3.53. The third-order valence-corrected chi connectivity index (χ3v) is 6.32. The van der Waals surface area contributed by atoms with Crippen molar-refractivity contribution in [1.82, 2.24) is 19.6 Å². The number of benzene rings is 1. The Hall–Kier alpha value is -3.58. The lowest BCUT2D eigenvalue weighted by Crippen LogP contribution is -2.40. The Morgan fingerprint density at radius 1 is 1.09 bits per heavy atom. The molecule has 1 N–H and O–H groups in total. The molecule has 34 heavy (non-hydrogen) atoms. The lowest BCUT2D eigenvalue weighted by molar-refractivity contribution is 0.0909. The van der Waals surface area contributed by atoms with E-state index in [2.05, 4.69) is 15.2 Å². The molecule has 1 aliphatic heterocycles. The minimum atomic E-state index is -0.158. The van der Waals surface area contributed by atoms with Crippen molar-refractivity contribution in [2.24, 2.45) is 0 Å². The van der Waals surface area contributed by atoms with E-state index in [-0.39, 0.29) is 18.6 Å². The van der Waals surface area contributed by atoms with E-state index in [0.29, 0.717) is 17.9 Å². The Labute approximate surface area is 199 Å². The number of nitrogens with one attached hydrogen (secondary N) is 1. The first-order valence-corrected chi connectivity index (χ1v) is 11.9. The molecule has 1 fully saturated rings. The Balaban J connectivity index is 1.26. The topological polar surface area (TPSA) is 72.0 Å². The normalized spacial score (nSPS) is 15.3. The summed E-state index contributed by atoms with van der Waals surface area (Å²) in [6, 6.07) is 15.3. The molecule has 7 heteroatoms. The summed E-state index contributed by atoms with van der Waals surface area (Å²) in [7, 11) is 0. The number of piperidine rings is 1. The van der Waals surface area contributed by atoms with Gasteiger partial charge in [-0.05, 0) is 68.8 Å². The maximum absolute atomic E-state index is 13.2. The first-order valence-electron chi connectivity index (χ1n) is 11.9. The number of aryl methyl sites for hydroxylation is 1. The highest BCUT2D eigenvalue weighted by molar-refractivity contribution is 5.96. The second kappa shape index (κ2) is 10.1. The van der Waals surface area contributed by atoms with Crippen LogP contribution < -0.4 is 10.1 Å². The molecule has 1 atom stereocenters. The first kappa shape index (κ1) is 22.2. The van der Waals surface area contributed by atoms with Crippen LogP contribution >= 0.6 is 0 Å². The highest BCUT2D eigenvalue weighted by Gasteiger charge is 2.25. The monoisotopic (exact) mass is 458 g/mol. The molecule has 1 aromatic carbocycles. The van der Waals surface area contributed by atoms with Crippen molar-refractivity contribution in [3.8, 4) is 5.75 Å². The van der Waals surface area contributed by atoms with Crippen molar-refractivity contribution in [1.29, 1.82) is 0 Å². The average molecular weight is 459 g/mol. The number of furan rings is 1. The van der Waals surface area contributed by atoms with Crippen LogP contribution in [0.25, 0.3) is 5.65 Å². The lowest BCUT2D eigenvalue weighted by atomic mass is 10.1. The van der Waals surface area contributed by atoms with Gasteiger partial charge in [-0.2, -0.15) is 0 Å². The van der Waals surface area contributed by atoms with Crippen LogP contribution in [0.4, 0.5) is 0 Å². The maximum Gasteiger partial charge on any atom is 0.255 e. The SMILES string of the molecule is Cc1ccc2nc(COc3ccccc3C(=O)NC[C@@H](c3ccco3)N3CCCCC3)cn2c1. The molecular formula is C27H30N4O3. The molecule has 7 nitrogen and oxygen atoms in total. The zero-order valence-electron chi connectivity index (χ0n) is 19.4. The van der Waals surface area contributed by atoms with Crippen LogP contribution in [0.5, 0.6) is 5.75 Å². The summed E-state index contributed by atoms with van der Waals surface area (Å²) in [6.07, 6.45) is 9.28. The van der Waals surface area contributed by atoms with Gasteiger partial charge in [-0.15, -0.1) is 0 Å². The molecule has 0 unspecified atom stereocenters. The first-order chi connectivity index (χ1) is 16.7. The molecule has 0 spiro atoms. The van der Waals surface area contributed by atoms with Crippen LogP contribution in [0, 0.1) is 6.92 Å². The van der Waals surface area contributed by atoms with Crippen molar-refractivity contribution in [3.63, 3.8) is 0 Å². The molecule has 1 aliphatic rings. The molecule has 176 valence electrons. The van der Waals surface area contributed by atoms with Crippen LogP contribution in [0.1, 0.15) is 52.7 Å². The summed E-state index contributed by atoms with van der Waals surface area (Å²) >= 11 is 0. The number of aromatic nitrogens is 2. The Bertz CT molecular complexity index is 1240. The van der Waals surface area contributed by atoms with Crippen LogP contribution in [0.15, 0.2) is 71.6 Å². The van der Waals surface area contributed by atoms with E-state index in [0.717, 1.165) is 35.8 Å². The molecule has 3 aromatic heterocycles. The number of carbonyl (C=O) groups excluding carboxylic acids is 1. The number of pyridine rings is 1. The van der Waals surface area contributed by atoms with Crippen LogP contribution in [0.3, 0.4) is 0 Å². The fourth-order valence-electron chi connectivity index (χ4n) is 4.56. The second-order valence-electron chi connectivity index (χ2n) is 8.83. The Morgan fingerprint density at radius 2 is 1.94 bits per heavy atom. The highest BCUT2D eigenvalue weighted by Crippen LogP contribution is 2.25. The number of likely N-dealkylation sites (tertiary alicyclic amines) is 1. The van der Waals surface area contributed by atoms with E-state index in [9.17, 15) is 4.79 Å². The predicted octanol–water partition coefficient (Wildman–Crippen LogP) is 4.77. The Morgan fingerprint density at radius 3 is 2.76 bits per heavy atom. The number of imidazole rings is 1. The fourth-order valence-corrected chi connectivity index (χ4v) is 4.56. The number of fused-ring (bicyclic) bond motifs is 1. The quantitative estimate of drug-likeness (QED) is 0.412. The van der Waals surface area contributed by atoms with Gasteiger partial charge in [0, 0.05) is 18.9 Å². The molecule has 0 radical (unpaired) electrons. The molecule has 1 saturated heterocycles. The minimum Gasteiger partial charge on any atom is -0.486 e. The number of hydrogen-bond donors (Lipinski definition) is 1. The van der Waals surface area contributed by atoms with Crippen molar-refractivity contribution in [2.75, 3.05) is 19.6 Å². The molecule has 0 aliphatic carbocycles. The van der Waals surface area contributed by atoms with E-state index in [1.807, 2.05) is 66.2 Å².